The van der Waals surface area contributed by atoms with E-state index in [1.54, 1.807) is 42.7 Å². The molecule has 0 unspecified atom stereocenters. The molecule has 0 aliphatic heterocycles. The van der Waals surface area contributed by atoms with Gasteiger partial charge in [-0.1, -0.05) is 24.3 Å². The third-order valence-corrected chi connectivity index (χ3v) is 2.72. The Kier molecular flexibility index (Phi) is 4.03. The SMILES string of the molecule is N#COc1ccc(-c2cccc(C(=O)O)c2OC#N)cc1. The van der Waals surface area contributed by atoms with Crippen molar-refractivity contribution in [1.29, 1.82) is 10.5 Å². The van der Waals surface area contributed by atoms with Crippen molar-refractivity contribution in [2.45, 2.75) is 0 Å². The van der Waals surface area contributed by atoms with Crippen LogP contribution in [-0.2, 0) is 0 Å². The standard InChI is InChI=1S/C15H8N2O4/c16-8-20-11-6-4-10(5-7-11)12-2-1-3-13(15(18)19)14(12)21-9-17/h1-7H,(H,18,19). The fourth-order valence-electron chi connectivity index (χ4n) is 1.84. The summed E-state index contributed by atoms with van der Waals surface area (Å²) in [6, 6.07) is 10.9. The molecule has 0 heterocycles. The van der Waals surface area contributed by atoms with Crippen LogP contribution in [-0.4, -0.2) is 11.1 Å². The molecule has 1 N–H and O–H groups in total. The van der Waals surface area contributed by atoms with Crippen LogP contribution in [0.5, 0.6) is 11.5 Å². The van der Waals surface area contributed by atoms with Crippen molar-refractivity contribution < 1.29 is 19.4 Å². The minimum absolute atomic E-state index is 0.0264. The van der Waals surface area contributed by atoms with Gasteiger partial charge in [0.2, 0.25) is 0 Å². The quantitative estimate of drug-likeness (QED) is 0.863. The first-order chi connectivity index (χ1) is 10.2. The van der Waals surface area contributed by atoms with Crippen LogP contribution >= 0.6 is 0 Å². The van der Waals surface area contributed by atoms with Crippen molar-refractivity contribution in [2.75, 3.05) is 0 Å². The predicted octanol–water partition coefficient (Wildman–Crippen LogP) is 2.77. The van der Waals surface area contributed by atoms with Gasteiger partial charge in [-0.2, -0.15) is 0 Å². The highest BCUT2D eigenvalue weighted by molar-refractivity contribution is 5.94. The first kappa shape index (κ1) is 13.9. The van der Waals surface area contributed by atoms with Gasteiger partial charge in [0.25, 0.3) is 12.5 Å². The van der Waals surface area contributed by atoms with Crippen molar-refractivity contribution in [3.63, 3.8) is 0 Å². The Labute approximate surface area is 120 Å². The number of nitrogens with zero attached hydrogens (tertiary/aromatic N) is 2. The number of carboxylic acids is 1. The van der Waals surface area contributed by atoms with Gasteiger partial charge in [0, 0.05) is 5.56 Å². The van der Waals surface area contributed by atoms with Crippen LogP contribution in [0.15, 0.2) is 42.5 Å². The maximum atomic E-state index is 11.2. The fraction of sp³-hybridized carbons (Fsp3) is 0. The molecule has 0 aromatic heterocycles. The van der Waals surface area contributed by atoms with E-state index in [1.807, 2.05) is 0 Å². The van der Waals surface area contributed by atoms with Crippen LogP contribution in [0, 0.1) is 23.0 Å². The lowest BCUT2D eigenvalue weighted by atomic mass is 10.0. The first-order valence-corrected chi connectivity index (χ1v) is 5.76. The molecule has 0 saturated heterocycles. The van der Waals surface area contributed by atoms with Crippen molar-refractivity contribution in [3.05, 3.63) is 48.0 Å². The molecule has 2 aromatic carbocycles. The van der Waals surface area contributed by atoms with E-state index in [1.165, 1.54) is 12.3 Å². The molecule has 2 rings (SSSR count). The first-order valence-electron chi connectivity index (χ1n) is 5.76. The van der Waals surface area contributed by atoms with E-state index < -0.39 is 5.97 Å². The third-order valence-electron chi connectivity index (χ3n) is 2.72. The van der Waals surface area contributed by atoms with E-state index in [4.69, 9.17) is 20.4 Å². The van der Waals surface area contributed by atoms with Crippen molar-refractivity contribution in [1.82, 2.24) is 0 Å². The highest BCUT2D eigenvalue weighted by Gasteiger charge is 2.17. The van der Waals surface area contributed by atoms with Gasteiger partial charge in [0.15, 0.2) is 5.75 Å². The van der Waals surface area contributed by atoms with Crippen LogP contribution in [0.2, 0.25) is 0 Å². The molecule has 0 bridgehead atoms. The Morgan fingerprint density at radius 2 is 1.67 bits per heavy atom. The highest BCUT2D eigenvalue weighted by atomic mass is 16.5. The Balaban J connectivity index is 2.53. The molecule has 0 radical (unpaired) electrons. The number of hydrogen-bond acceptors (Lipinski definition) is 5. The van der Waals surface area contributed by atoms with Crippen molar-refractivity contribution in [2.24, 2.45) is 0 Å². The lowest BCUT2D eigenvalue weighted by Crippen LogP contribution is -2.01. The van der Waals surface area contributed by atoms with Gasteiger partial charge >= 0.3 is 5.97 Å². The fourth-order valence-corrected chi connectivity index (χ4v) is 1.84. The van der Waals surface area contributed by atoms with Gasteiger partial charge in [0.05, 0.1) is 0 Å². The summed E-state index contributed by atoms with van der Waals surface area (Å²) in [5.41, 5.74) is 0.986. The summed E-state index contributed by atoms with van der Waals surface area (Å²) in [6.07, 6.45) is 3.04. The molecule has 0 aliphatic carbocycles. The van der Waals surface area contributed by atoms with E-state index in [0.717, 1.165) is 0 Å². The van der Waals surface area contributed by atoms with Gasteiger partial charge < -0.3 is 14.6 Å². The molecule has 21 heavy (non-hydrogen) atoms. The van der Waals surface area contributed by atoms with Gasteiger partial charge in [-0.25, -0.2) is 4.79 Å². The minimum Gasteiger partial charge on any atom is -0.478 e. The maximum absolute atomic E-state index is 11.2. The molecular formula is C15H8N2O4. The lowest BCUT2D eigenvalue weighted by molar-refractivity contribution is 0.0694. The van der Waals surface area contributed by atoms with Crippen LogP contribution in [0.3, 0.4) is 0 Å². The summed E-state index contributed by atoms with van der Waals surface area (Å²) in [5, 5.41) is 26.2. The highest BCUT2D eigenvalue weighted by Crippen LogP contribution is 2.34. The summed E-state index contributed by atoms with van der Waals surface area (Å²) in [6.45, 7) is 0. The Morgan fingerprint density at radius 1 is 1.00 bits per heavy atom. The number of aromatic carboxylic acids is 1. The van der Waals surface area contributed by atoms with Gasteiger partial charge in [-0.3, -0.25) is 0 Å². The average molecular weight is 280 g/mol. The topological polar surface area (TPSA) is 103 Å². The van der Waals surface area contributed by atoms with Crippen molar-refractivity contribution >= 4 is 5.97 Å². The predicted molar refractivity (Wildman–Crippen MR) is 71.3 cm³/mol. The number of carbonyl (C=O) groups is 1. The van der Waals surface area contributed by atoms with Gasteiger partial charge in [-0.15, -0.1) is 10.5 Å². The zero-order valence-electron chi connectivity index (χ0n) is 10.6. The lowest BCUT2D eigenvalue weighted by Gasteiger charge is -2.09. The molecular weight excluding hydrogens is 272 g/mol. The van der Waals surface area contributed by atoms with E-state index in [9.17, 15) is 4.79 Å². The molecule has 0 saturated carbocycles. The number of benzene rings is 2. The number of para-hydroxylation sites is 1. The second-order valence-electron chi connectivity index (χ2n) is 3.90. The zero-order chi connectivity index (χ0) is 15.2. The Hall–Kier alpha value is -3.51. The van der Waals surface area contributed by atoms with Crippen LogP contribution in [0.4, 0.5) is 0 Å². The molecule has 6 nitrogen and oxygen atoms in total. The van der Waals surface area contributed by atoms with E-state index in [2.05, 4.69) is 4.74 Å². The molecule has 0 amide bonds. The second-order valence-corrected chi connectivity index (χ2v) is 3.90. The second kappa shape index (κ2) is 6.09. The summed E-state index contributed by atoms with van der Waals surface area (Å²) < 4.78 is 9.47. The number of rotatable bonds is 4. The van der Waals surface area contributed by atoms with Crippen molar-refractivity contribution in [3.8, 4) is 35.1 Å². The van der Waals surface area contributed by atoms with Crippen LogP contribution < -0.4 is 9.47 Å². The normalized spacial score (nSPS) is 9.24. The largest absolute Gasteiger partial charge is 0.478 e. The number of nitriles is 2. The monoisotopic (exact) mass is 280 g/mol. The molecule has 6 heteroatoms. The molecule has 0 spiro atoms. The Morgan fingerprint density at radius 3 is 2.24 bits per heavy atom. The molecule has 102 valence electrons. The molecule has 0 fully saturated rings. The smallest absolute Gasteiger partial charge is 0.339 e. The zero-order valence-corrected chi connectivity index (χ0v) is 10.6. The number of ether oxygens (including phenoxy) is 2. The summed E-state index contributed by atoms with van der Waals surface area (Å²) in [5.74, 6) is -0.855. The third kappa shape index (κ3) is 2.91. The van der Waals surface area contributed by atoms with E-state index >= 15 is 0 Å². The van der Waals surface area contributed by atoms with Gasteiger partial charge in [0.1, 0.15) is 11.3 Å². The van der Waals surface area contributed by atoms with Crippen LogP contribution in [0.25, 0.3) is 11.1 Å². The van der Waals surface area contributed by atoms with E-state index in [-0.39, 0.29) is 11.3 Å². The maximum Gasteiger partial charge on any atom is 0.339 e. The summed E-state index contributed by atoms with van der Waals surface area (Å²) in [7, 11) is 0. The average Bonchev–Trinajstić information content (AvgIpc) is 2.49. The van der Waals surface area contributed by atoms with Gasteiger partial charge in [-0.05, 0) is 23.8 Å². The molecule has 0 atom stereocenters. The van der Waals surface area contributed by atoms with E-state index in [0.29, 0.717) is 16.9 Å². The number of carboxylic acid groups (broad SMARTS) is 1. The molecule has 2 aromatic rings. The molecule has 0 aliphatic rings. The van der Waals surface area contributed by atoms with Crippen LogP contribution in [0.1, 0.15) is 10.4 Å². The summed E-state index contributed by atoms with van der Waals surface area (Å²) >= 11 is 0. The summed E-state index contributed by atoms with van der Waals surface area (Å²) in [4.78, 5) is 11.2. The minimum atomic E-state index is -1.19. The Bertz CT molecular complexity index is 755. The number of hydrogen-bond donors (Lipinski definition) is 1.